The number of hydrogen-bond acceptors (Lipinski definition) is 2. The Morgan fingerprint density at radius 2 is 1.93 bits per heavy atom. The van der Waals surface area contributed by atoms with Crippen molar-refractivity contribution in [1.82, 2.24) is 4.90 Å². The Kier molecular flexibility index (Phi) is 6.27. The second-order valence-electron chi connectivity index (χ2n) is 3.43. The summed E-state index contributed by atoms with van der Waals surface area (Å²) in [6.07, 6.45) is 7.65. The summed E-state index contributed by atoms with van der Waals surface area (Å²) in [4.78, 5) is 2.01. The van der Waals surface area contributed by atoms with Crippen molar-refractivity contribution in [2.24, 2.45) is 0 Å². The van der Waals surface area contributed by atoms with Crippen LogP contribution in [-0.4, -0.2) is 26.1 Å². The maximum atomic E-state index is 5.07. The van der Waals surface area contributed by atoms with E-state index < -0.39 is 0 Å². The molecule has 2 nitrogen and oxygen atoms in total. The van der Waals surface area contributed by atoms with Gasteiger partial charge in [-0.1, -0.05) is 24.8 Å². The van der Waals surface area contributed by atoms with Crippen LogP contribution >= 0.6 is 0 Å². The molecule has 0 N–H and O–H groups in total. The summed E-state index contributed by atoms with van der Waals surface area (Å²) in [5, 5.41) is 0. The molecule has 0 saturated carbocycles. The van der Waals surface area contributed by atoms with Crippen LogP contribution in [0.1, 0.15) is 13.8 Å². The standard InChI is InChI=1S/C13H21NO/c1-7-9-11(3)12(8-2)13(10-15-6)14(4)5/h7-10H,2H2,1,3-6H3/b9-7-,12-11+,13-10-. The highest BCUT2D eigenvalue weighted by molar-refractivity contribution is 5.44. The van der Waals surface area contributed by atoms with E-state index in [1.165, 1.54) is 5.57 Å². The Hall–Kier alpha value is -1.44. The SMILES string of the molecule is C=CC(/C(=C/OC)N(C)C)=C(C)\C=C/C. The van der Waals surface area contributed by atoms with Crippen LogP contribution in [-0.2, 0) is 4.74 Å². The number of hydrogen-bond donors (Lipinski definition) is 0. The van der Waals surface area contributed by atoms with Gasteiger partial charge in [0.25, 0.3) is 0 Å². The van der Waals surface area contributed by atoms with Crippen molar-refractivity contribution < 1.29 is 4.74 Å². The van der Waals surface area contributed by atoms with Crippen LogP contribution in [0.5, 0.6) is 0 Å². The van der Waals surface area contributed by atoms with Crippen molar-refractivity contribution in [2.75, 3.05) is 21.2 Å². The molecule has 0 aliphatic rings. The molecular weight excluding hydrogens is 186 g/mol. The van der Waals surface area contributed by atoms with E-state index in [0.717, 1.165) is 11.3 Å². The van der Waals surface area contributed by atoms with Crippen LogP contribution in [0.25, 0.3) is 0 Å². The van der Waals surface area contributed by atoms with E-state index in [1.807, 2.05) is 38.1 Å². The molecule has 0 amide bonds. The van der Waals surface area contributed by atoms with Gasteiger partial charge in [0.1, 0.15) is 6.26 Å². The van der Waals surface area contributed by atoms with E-state index in [2.05, 4.69) is 19.6 Å². The summed E-state index contributed by atoms with van der Waals surface area (Å²) in [5.41, 5.74) is 3.27. The van der Waals surface area contributed by atoms with Crippen molar-refractivity contribution in [1.29, 1.82) is 0 Å². The van der Waals surface area contributed by atoms with Gasteiger partial charge in [-0.2, -0.15) is 0 Å². The third-order valence-electron chi connectivity index (χ3n) is 2.03. The molecule has 0 saturated heterocycles. The second kappa shape index (κ2) is 6.93. The number of rotatable bonds is 5. The summed E-state index contributed by atoms with van der Waals surface area (Å²) in [5.74, 6) is 0. The number of methoxy groups -OCH3 is 1. The first-order valence-corrected chi connectivity index (χ1v) is 4.95. The van der Waals surface area contributed by atoms with Crippen molar-refractivity contribution in [3.8, 4) is 0 Å². The molecule has 0 aromatic heterocycles. The molecule has 0 aromatic carbocycles. The van der Waals surface area contributed by atoms with E-state index in [1.54, 1.807) is 13.4 Å². The minimum Gasteiger partial charge on any atom is -0.502 e. The van der Waals surface area contributed by atoms with Crippen molar-refractivity contribution in [3.05, 3.63) is 47.9 Å². The summed E-state index contributed by atoms with van der Waals surface area (Å²) < 4.78 is 5.07. The molecule has 0 bridgehead atoms. The molecule has 0 unspecified atom stereocenters. The summed E-state index contributed by atoms with van der Waals surface area (Å²) in [6.45, 7) is 7.89. The molecular formula is C13H21NO. The Morgan fingerprint density at radius 1 is 1.33 bits per heavy atom. The van der Waals surface area contributed by atoms with Gasteiger partial charge < -0.3 is 9.64 Å². The van der Waals surface area contributed by atoms with Gasteiger partial charge in [-0.3, -0.25) is 0 Å². The minimum absolute atomic E-state index is 1.02. The zero-order valence-corrected chi connectivity index (χ0v) is 10.4. The van der Waals surface area contributed by atoms with E-state index in [-0.39, 0.29) is 0 Å². The van der Waals surface area contributed by atoms with Crippen molar-refractivity contribution in [3.63, 3.8) is 0 Å². The number of nitrogens with zero attached hydrogens (tertiary/aromatic N) is 1. The number of allylic oxidation sites excluding steroid dienone is 4. The van der Waals surface area contributed by atoms with E-state index in [9.17, 15) is 0 Å². The van der Waals surface area contributed by atoms with Crippen LogP contribution < -0.4 is 0 Å². The first-order chi connectivity index (χ1) is 7.08. The molecule has 84 valence electrons. The van der Waals surface area contributed by atoms with E-state index >= 15 is 0 Å². The molecule has 15 heavy (non-hydrogen) atoms. The molecule has 0 aliphatic heterocycles. The maximum absolute atomic E-state index is 5.07. The largest absolute Gasteiger partial charge is 0.502 e. The van der Waals surface area contributed by atoms with Gasteiger partial charge in [-0.25, -0.2) is 0 Å². The smallest absolute Gasteiger partial charge is 0.106 e. The van der Waals surface area contributed by atoms with Gasteiger partial charge in [0.05, 0.1) is 12.8 Å². The lowest BCUT2D eigenvalue weighted by atomic mass is 10.1. The van der Waals surface area contributed by atoms with Crippen molar-refractivity contribution in [2.45, 2.75) is 13.8 Å². The van der Waals surface area contributed by atoms with Crippen LogP contribution in [0.2, 0.25) is 0 Å². The highest BCUT2D eigenvalue weighted by atomic mass is 16.5. The monoisotopic (exact) mass is 207 g/mol. The lowest BCUT2D eigenvalue weighted by molar-refractivity contribution is 0.321. The third kappa shape index (κ3) is 4.07. The average molecular weight is 207 g/mol. The zero-order chi connectivity index (χ0) is 11.8. The molecule has 0 atom stereocenters. The third-order valence-corrected chi connectivity index (χ3v) is 2.03. The van der Waals surface area contributed by atoms with Crippen LogP contribution in [0.15, 0.2) is 47.9 Å². The fourth-order valence-corrected chi connectivity index (χ4v) is 1.33. The topological polar surface area (TPSA) is 12.5 Å². The van der Waals surface area contributed by atoms with Gasteiger partial charge in [0, 0.05) is 19.7 Å². The Labute approximate surface area is 93.2 Å². The summed E-state index contributed by atoms with van der Waals surface area (Å²) in [7, 11) is 5.61. The lowest BCUT2D eigenvalue weighted by Crippen LogP contribution is -2.13. The molecule has 0 aliphatic carbocycles. The predicted octanol–water partition coefficient (Wildman–Crippen LogP) is 3.11. The summed E-state index contributed by atoms with van der Waals surface area (Å²) in [6, 6.07) is 0. The van der Waals surface area contributed by atoms with Gasteiger partial charge >= 0.3 is 0 Å². The number of likely N-dealkylation sites (N-methyl/N-ethyl adjacent to an activating group) is 1. The lowest BCUT2D eigenvalue weighted by Gasteiger charge is -2.19. The highest BCUT2D eigenvalue weighted by Crippen LogP contribution is 2.18. The highest BCUT2D eigenvalue weighted by Gasteiger charge is 2.06. The van der Waals surface area contributed by atoms with E-state index in [4.69, 9.17) is 4.74 Å². The molecule has 0 aromatic rings. The molecule has 0 rings (SSSR count). The second-order valence-corrected chi connectivity index (χ2v) is 3.43. The normalized spacial score (nSPS) is 13.8. The molecule has 0 heterocycles. The van der Waals surface area contributed by atoms with Gasteiger partial charge in [0.2, 0.25) is 0 Å². The molecule has 0 radical (unpaired) electrons. The zero-order valence-electron chi connectivity index (χ0n) is 10.4. The fraction of sp³-hybridized carbons (Fsp3) is 0.385. The average Bonchev–Trinajstić information content (AvgIpc) is 2.18. The Morgan fingerprint density at radius 3 is 2.27 bits per heavy atom. The first kappa shape index (κ1) is 13.6. The number of ether oxygens (including phenoxy) is 1. The van der Waals surface area contributed by atoms with Gasteiger partial charge in [-0.05, 0) is 19.4 Å². The van der Waals surface area contributed by atoms with Gasteiger partial charge in [0.15, 0.2) is 0 Å². The predicted molar refractivity (Wildman–Crippen MR) is 66.5 cm³/mol. The van der Waals surface area contributed by atoms with Gasteiger partial charge in [-0.15, -0.1) is 0 Å². The maximum Gasteiger partial charge on any atom is 0.106 e. The molecule has 2 heteroatoms. The fourth-order valence-electron chi connectivity index (χ4n) is 1.33. The van der Waals surface area contributed by atoms with Crippen molar-refractivity contribution >= 4 is 0 Å². The first-order valence-electron chi connectivity index (χ1n) is 4.95. The minimum atomic E-state index is 1.02. The quantitative estimate of drug-likeness (QED) is 0.507. The Balaban J connectivity index is 5.34. The van der Waals surface area contributed by atoms with E-state index in [0.29, 0.717) is 0 Å². The van der Waals surface area contributed by atoms with Crippen LogP contribution in [0.4, 0.5) is 0 Å². The summed E-state index contributed by atoms with van der Waals surface area (Å²) >= 11 is 0. The molecule has 0 fully saturated rings. The Bertz CT molecular complexity index is 296. The van der Waals surface area contributed by atoms with Crippen LogP contribution in [0, 0.1) is 0 Å². The van der Waals surface area contributed by atoms with Crippen LogP contribution in [0.3, 0.4) is 0 Å². The molecule has 0 spiro atoms.